The van der Waals surface area contributed by atoms with Crippen molar-refractivity contribution in [3.63, 3.8) is 0 Å². The van der Waals surface area contributed by atoms with Gasteiger partial charge in [-0.3, -0.25) is 0 Å². The molecule has 1 aliphatic rings. The molecular formula is C16H24O3S. The van der Waals surface area contributed by atoms with Crippen LogP contribution in [0.15, 0.2) is 12.1 Å². The lowest BCUT2D eigenvalue weighted by Crippen LogP contribution is -2.34. The molecule has 0 saturated heterocycles. The van der Waals surface area contributed by atoms with E-state index in [1.807, 2.05) is 6.07 Å². The Labute approximate surface area is 125 Å². The maximum atomic E-state index is 10.9. The summed E-state index contributed by atoms with van der Waals surface area (Å²) >= 11 is 1.32. The van der Waals surface area contributed by atoms with Gasteiger partial charge in [0, 0.05) is 4.88 Å². The first-order valence-corrected chi connectivity index (χ1v) is 8.22. The van der Waals surface area contributed by atoms with Crippen LogP contribution in [0.2, 0.25) is 0 Å². The first kappa shape index (κ1) is 15.5. The van der Waals surface area contributed by atoms with E-state index in [0.717, 1.165) is 17.2 Å². The summed E-state index contributed by atoms with van der Waals surface area (Å²) < 4.78 is 6.12. The standard InChI is InChI=1S/C16H24O3S/c1-10(2)13-6-4-11(3)8-14(13)19-9-12-5-7-15(20-12)16(17)18/h5,7,10-11,13-14H,4,6,8-9H2,1-3H3,(H,17,18). The summed E-state index contributed by atoms with van der Waals surface area (Å²) in [6.45, 7) is 7.37. The molecule has 0 bridgehead atoms. The summed E-state index contributed by atoms with van der Waals surface area (Å²) in [5.74, 6) is 1.15. The van der Waals surface area contributed by atoms with E-state index in [0.29, 0.717) is 29.4 Å². The molecule has 20 heavy (non-hydrogen) atoms. The zero-order valence-electron chi connectivity index (χ0n) is 12.5. The average molecular weight is 296 g/mol. The lowest BCUT2D eigenvalue weighted by molar-refractivity contribution is -0.0463. The Morgan fingerprint density at radius 1 is 1.45 bits per heavy atom. The molecule has 2 rings (SSSR count). The molecule has 3 unspecified atom stereocenters. The zero-order valence-corrected chi connectivity index (χ0v) is 13.3. The highest BCUT2D eigenvalue weighted by atomic mass is 32.1. The predicted octanol–water partition coefficient (Wildman–Crippen LogP) is 4.42. The zero-order chi connectivity index (χ0) is 14.7. The normalized spacial score (nSPS) is 26.9. The second-order valence-electron chi connectivity index (χ2n) is 6.25. The molecule has 1 saturated carbocycles. The average Bonchev–Trinajstić information content (AvgIpc) is 2.85. The summed E-state index contributed by atoms with van der Waals surface area (Å²) in [5, 5.41) is 8.93. The summed E-state index contributed by atoms with van der Waals surface area (Å²) in [6.07, 6.45) is 3.98. The van der Waals surface area contributed by atoms with Crippen molar-refractivity contribution in [3.8, 4) is 0 Å². The minimum atomic E-state index is -0.854. The van der Waals surface area contributed by atoms with Crippen LogP contribution in [0.4, 0.5) is 0 Å². The summed E-state index contributed by atoms with van der Waals surface area (Å²) in [7, 11) is 0. The summed E-state index contributed by atoms with van der Waals surface area (Å²) in [5.41, 5.74) is 0. The minimum Gasteiger partial charge on any atom is -0.477 e. The number of carboxylic acids is 1. The maximum absolute atomic E-state index is 10.9. The van der Waals surface area contributed by atoms with E-state index in [4.69, 9.17) is 9.84 Å². The summed E-state index contributed by atoms with van der Waals surface area (Å²) in [6, 6.07) is 3.53. The van der Waals surface area contributed by atoms with Crippen LogP contribution < -0.4 is 0 Å². The van der Waals surface area contributed by atoms with Crippen LogP contribution in [0.5, 0.6) is 0 Å². The van der Waals surface area contributed by atoms with Crippen LogP contribution in [0.25, 0.3) is 0 Å². The van der Waals surface area contributed by atoms with Gasteiger partial charge >= 0.3 is 5.97 Å². The van der Waals surface area contributed by atoms with Gasteiger partial charge in [0.1, 0.15) is 4.88 Å². The molecule has 0 amide bonds. The number of rotatable bonds is 5. The number of carbonyl (C=O) groups is 1. The van der Waals surface area contributed by atoms with Gasteiger partial charge in [-0.15, -0.1) is 11.3 Å². The highest BCUT2D eigenvalue weighted by molar-refractivity contribution is 7.13. The van der Waals surface area contributed by atoms with Gasteiger partial charge in [0.05, 0.1) is 12.7 Å². The first-order chi connectivity index (χ1) is 9.47. The van der Waals surface area contributed by atoms with Crippen molar-refractivity contribution >= 4 is 17.3 Å². The van der Waals surface area contributed by atoms with Gasteiger partial charge in [0.25, 0.3) is 0 Å². The van der Waals surface area contributed by atoms with E-state index in [2.05, 4.69) is 20.8 Å². The number of hydrogen-bond acceptors (Lipinski definition) is 3. The second kappa shape index (κ2) is 6.72. The summed E-state index contributed by atoms with van der Waals surface area (Å²) in [4.78, 5) is 12.3. The van der Waals surface area contributed by atoms with Crippen molar-refractivity contribution in [2.45, 2.75) is 52.7 Å². The van der Waals surface area contributed by atoms with Crippen LogP contribution in [-0.2, 0) is 11.3 Å². The second-order valence-corrected chi connectivity index (χ2v) is 7.41. The third-order valence-corrected chi connectivity index (χ3v) is 5.32. The Morgan fingerprint density at radius 2 is 2.20 bits per heavy atom. The molecule has 1 heterocycles. The lowest BCUT2D eigenvalue weighted by atomic mass is 9.75. The predicted molar refractivity (Wildman–Crippen MR) is 81.2 cm³/mol. The van der Waals surface area contributed by atoms with Gasteiger partial charge in [0.2, 0.25) is 0 Å². The molecule has 1 N–H and O–H groups in total. The van der Waals surface area contributed by atoms with Gasteiger partial charge in [-0.2, -0.15) is 0 Å². The highest BCUT2D eigenvalue weighted by Gasteiger charge is 2.31. The fraction of sp³-hybridized carbons (Fsp3) is 0.688. The molecule has 1 aromatic heterocycles. The molecule has 3 nitrogen and oxygen atoms in total. The van der Waals surface area contributed by atoms with Crippen LogP contribution in [0.1, 0.15) is 54.6 Å². The SMILES string of the molecule is CC1CCC(C(C)C)C(OCc2ccc(C(=O)O)s2)C1. The lowest BCUT2D eigenvalue weighted by Gasteiger charge is -2.37. The molecule has 4 heteroatoms. The monoisotopic (exact) mass is 296 g/mol. The van der Waals surface area contributed by atoms with E-state index in [9.17, 15) is 4.79 Å². The molecular weight excluding hydrogens is 272 g/mol. The van der Waals surface area contributed by atoms with Crippen molar-refractivity contribution < 1.29 is 14.6 Å². The Balaban J connectivity index is 1.94. The molecule has 1 aromatic rings. The number of carboxylic acid groups (broad SMARTS) is 1. The number of hydrogen-bond donors (Lipinski definition) is 1. The third-order valence-electron chi connectivity index (χ3n) is 4.27. The van der Waals surface area contributed by atoms with Gasteiger partial charge in [-0.1, -0.05) is 27.2 Å². The van der Waals surface area contributed by atoms with Gasteiger partial charge in [0.15, 0.2) is 0 Å². The Kier molecular flexibility index (Phi) is 5.22. The Bertz CT molecular complexity index is 452. The molecule has 0 aliphatic heterocycles. The Hall–Kier alpha value is -0.870. The van der Waals surface area contributed by atoms with E-state index in [-0.39, 0.29) is 0 Å². The molecule has 1 aliphatic carbocycles. The van der Waals surface area contributed by atoms with E-state index >= 15 is 0 Å². The maximum Gasteiger partial charge on any atom is 0.345 e. The van der Waals surface area contributed by atoms with E-state index in [1.165, 1.54) is 24.2 Å². The highest BCUT2D eigenvalue weighted by Crippen LogP contribution is 2.36. The molecule has 3 atom stereocenters. The topological polar surface area (TPSA) is 46.5 Å². The van der Waals surface area contributed by atoms with Crippen LogP contribution in [-0.4, -0.2) is 17.2 Å². The Morgan fingerprint density at radius 3 is 2.80 bits per heavy atom. The molecule has 0 radical (unpaired) electrons. The van der Waals surface area contributed by atoms with Gasteiger partial charge < -0.3 is 9.84 Å². The molecule has 112 valence electrons. The van der Waals surface area contributed by atoms with Gasteiger partial charge in [-0.25, -0.2) is 4.79 Å². The minimum absolute atomic E-state index is 0.314. The van der Waals surface area contributed by atoms with E-state index < -0.39 is 5.97 Å². The van der Waals surface area contributed by atoms with Gasteiger partial charge in [-0.05, 0) is 42.7 Å². The number of aromatic carboxylic acids is 1. The van der Waals surface area contributed by atoms with Crippen molar-refractivity contribution in [1.29, 1.82) is 0 Å². The number of thiophene rings is 1. The van der Waals surface area contributed by atoms with E-state index in [1.54, 1.807) is 6.07 Å². The van der Waals surface area contributed by atoms with Crippen molar-refractivity contribution in [2.24, 2.45) is 17.8 Å². The van der Waals surface area contributed by atoms with Crippen LogP contribution in [0, 0.1) is 17.8 Å². The van der Waals surface area contributed by atoms with Crippen molar-refractivity contribution in [3.05, 3.63) is 21.9 Å². The van der Waals surface area contributed by atoms with Crippen LogP contribution >= 0.6 is 11.3 Å². The van der Waals surface area contributed by atoms with Crippen molar-refractivity contribution in [2.75, 3.05) is 0 Å². The van der Waals surface area contributed by atoms with Crippen molar-refractivity contribution in [1.82, 2.24) is 0 Å². The third kappa shape index (κ3) is 3.83. The number of ether oxygens (including phenoxy) is 1. The largest absolute Gasteiger partial charge is 0.477 e. The fourth-order valence-corrected chi connectivity index (χ4v) is 3.83. The fourth-order valence-electron chi connectivity index (χ4n) is 3.07. The molecule has 1 fully saturated rings. The molecule has 0 spiro atoms. The molecule has 0 aromatic carbocycles. The first-order valence-electron chi connectivity index (χ1n) is 7.41. The smallest absolute Gasteiger partial charge is 0.345 e. The van der Waals surface area contributed by atoms with Crippen LogP contribution in [0.3, 0.4) is 0 Å². The quantitative estimate of drug-likeness (QED) is 0.874.